The van der Waals surface area contributed by atoms with Crippen molar-refractivity contribution in [2.45, 2.75) is 12.3 Å². The maximum absolute atomic E-state index is 13.8. The molecule has 1 heterocycles. The molecule has 1 aliphatic heterocycles. The summed E-state index contributed by atoms with van der Waals surface area (Å²) < 4.78 is 5.30. The van der Waals surface area contributed by atoms with Gasteiger partial charge in [-0.2, -0.15) is 0 Å². The Labute approximate surface area is 200 Å². The number of hydrogen-bond donors (Lipinski definition) is 0. The molecular weight excluding hydrogens is 469 g/mol. The van der Waals surface area contributed by atoms with Gasteiger partial charge in [0.15, 0.2) is 0 Å². The summed E-state index contributed by atoms with van der Waals surface area (Å²) in [5.74, 6) is -0.433. The first-order valence-electron chi connectivity index (χ1n) is 10.00. The van der Waals surface area contributed by atoms with E-state index in [4.69, 9.17) is 39.5 Å². The number of nitrogens with zero attached hydrogens (tertiary/aromatic N) is 1. The SMILES string of the molecule is COc1ccc([C@@]2(c3ccc(Cl)cc3)C3C(=O)N(c4cc(Cl)cc(Cl)c4)C(=O)[C@]32C)cc1. The quantitative estimate of drug-likeness (QED) is 0.415. The van der Waals surface area contributed by atoms with Crippen molar-refractivity contribution in [3.63, 3.8) is 0 Å². The number of imide groups is 1. The second-order valence-corrected chi connectivity index (χ2v) is 9.59. The van der Waals surface area contributed by atoms with Crippen LogP contribution >= 0.6 is 34.8 Å². The Bertz CT molecular complexity index is 1240. The molecule has 0 aromatic heterocycles. The van der Waals surface area contributed by atoms with Crippen molar-refractivity contribution in [2.24, 2.45) is 11.3 Å². The van der Waals surface area contributed by atoms with Crippen LogP contribution in [0.1, 0.15) is 18.1 Å². The van der Waals surface area contributed by atoms with Crippen LogP contribution in [0.25, 0.3) is 0 Å². The predicted molar refractivity (Wildman–Crippen MR) is 126 cm³/mol. The summed E-state index contributed by atoms with van der Waals surface area (Å²) in [4.78, 5) is 28.7. The van der Waals surface area contributed by atoms with Crippen LogP contribution in [0.2, 0.25) is 15.1 Å². The first kappa shape index (κ1) is 21.3. The largest absolute Gasteiger partial charge is 0.497 e. The number of fused-ring (bicyclic) bond motifs is 1. The minimum atomic E-state index is -0.971. The van der Waals surface area contributed by atoms with Gasteiger partial charge in [-0.25, -0.2) is 4.90 Å². The van der Waals surface area contributed by atoms with Crippen LogP contribution in [0.15, 0.2) is 66.7 Å². The van der Waals surface area contributed by atoms with Crippen LogP contribution in [0.4, 0.5) is 5.69 Å². The van der Waals surface area contributed by atoms with Crippen molar-refractivity contribution in [3.8, 4) is 5.75 Å². The minimum Gasteiger partial charge on any atom is -0.497 e. The van der Waals surface area contributed by atoms with Crippen molar-refractivity contribution in [3.05, 3.63) is 92.9 Å². The van der Waals surface area contributed by atoms with Crippen LogP contribution in [0.3, 0.4) is 0 Å². The molecule has 7 heteroatoms. The molecule has 162 valence electrons. The number of rotatable bonds is 4. The molecule has 3 aromatic carbocycles. The lowest BCUT2D eigenvalue weighted by Crippen LogP contribution is -2.42. The molecule has 0 spiro atoms. The lowest BCUT2D eigenvalue weighted by molar-refractivity contribution is -0.125. The maximum atomic E-state index is 13.8. The molecule has 0 bridgehead atoms. The van der Waals surface area contributed by atoms with Crippen LogP contribution < -0.4 is 9.64 Å². The van der Waals surface area contributed by atoms with Crippen molar-refractivity contribution >= 4 is 52.3 Å². The van der Waals surface area contributed by atoms with Crippen LogP contribution in [0.5, 0.6) is 5.75 Å². The molecule has 3 aromatic rings. The highest BCUT2D eigenvalue weighted by Crippen LogP contribution is 2.76. The molecule has 1 saturated heterocycles. The maximum Gasteiger partial charge on any atom is 0.241 e. The average molecular weight is 487 g/mol. The van der Waals surface area contributed by atoms with E-state index in [9.17, 15) is 9.59 Å². The minimum absolute atomic E-state index is 0.276. The van der Waals surface area contributed by atoms with Gasteiger partial charge in [-0.05, 0) is 60.5 Å². The van der Waals surface area contributed by atoms with Gasteiger partial charge in [-0.15, -0.1) is 0 Å². The Balaban J connectivity index is 1.67. The molecule has 5 rings (SSSR count). The molecule has 2 amide bonds. The topological polar surface area (TPSA) is 46.6 Å². The Morgan fingerprint density at radius 3 is 1.81 bits per heavy atom. The molecule has 1 saturated carbocycles. The Kier molecular flexibility index (Phi) is 4.82. The van der Waals surface area contributed by atoms with E-state index in [2.05, 4.69) is 0 Å². The average Bonchev–Trinajstić information content (AvgIpc) is 3.28. The standard InChI is InChI=1S/C25H18Cl3NO3/c1-24-21(22(30)29(23(24)31)19-12-17(27)11-18(28)13-19)25(24,14-3-7-16(26)8-4-14)15-5-9-20(32-2)10-6-15/h3-13,21H,1-2H3/t21?,24-,25-/m0/s1. The fraction of sp³-hybridized carbons (Fsp3) is 0.200. The summed E-state index contributed by atoms with van der Waals surface area (Å²) >= 11 is 18.4. The summed E-state index contributed by atoms with van der Waals surface area (Å²) in [6.07, 6.45) is 0. The van der Waals surface area contributed by atoms with Gasteiger partial charge in [-0.3, -0.25) is 9.59 Å². The summed E-state index contributed by atoms with van der Waals surface area (Å²) in [6.45, 7) is 1.85. The molecule has 3 atom stereocenters. The van der Waals surface area contributed by atoms with E-state index < -0.39 is 16.7 Å². The summed E-state index contributed by atoms with van der Waals surface area (Å²) in [6, 6.07) is 19.6. The highest BCUT2D eigenvalue weighted by molar-refractivity contribution is 6.36. The third-order valence-electron chi connectivity index (χ3n) is 6.81. The predicted octanol–water partition coefficient (Wildman–Crippen LogP) is 6.15. The molecular formula is C25H18Cl3NO3. The van der Waals surface area contributed by atoms with E-state index in [1.165, 1.54) is 4.90 Å². The second-order valence-electron chi connectivity index (χ2n) is 8.29. The number of amides is 2. The fourth-order valence-electron chi connectivity index (χ4n) is 5.38. The molecule has 4 nitrogen and oxygen atoms in total. The third kappa shape index (κ3) is 2.70. The van der Waals surface area contributed by atoms with Gasteiger partial charge in [-0.1, -0.05) is 59.1 Å². The van der Waals surface area contributed by atoms with E-state index in [-0.39, 0.29) is 11.8 Å². The molecule has 2 fully saturated rings. The van der Waals surface area contributed by atoms with Crippen LogP contribution in [-0.2, 0) is 15.0 Å². The molecule has 1 unspecified atom stereocenters. The van der Waals surface area contributed by atoms with Crippen molar-refractivity contribution in [1.29, 1.82) is 0 Å². The van der Waals surface area contributed by atoms with Crippen molar-refractivity contribution in [2.75, 3.05) is 12.0 Å². The zero-order chi connectivity index (χ0) is 22.8. The Morgan fingerprint density at radius 1 is 0.812 bits per heavy atom. The molecule has 0 radical (unpaired) electrons. The first-order valence-corrected chi connectivity index (χ1v) is 11.1. The number of ether oxygens (including phenoxy) is 1. The smallest absolute Gasteiger partial charge is 0.241 e. The van der Waals surface area contributed by atoms with Crippen LogP contribution in [0, 0.1) is 11.3 Å². The van der Waals surface area contributed by atoms with Crippen molar-refractivity contribution < 1.29 is 14.3 Å². The van der Waals surface area contributed by atoms with E-state index in [0.29, 0.717) is 26.5 Å². The summed E-state index contributed by atoms with van der Waals surface area (Å²) in [5.41, 5.74) is 0.340. The number of methoxy groups -OCH3 is 1. The number of carbonyl (C=O) groups is 2. The van der Waals surface area contributed by atoms with Gasteiger partial charge >= 0.3 is 0 Å². The molecule has 2 aliphatic rings. The Hall–Kier alpha value is -2.53. The number of piperidine rings is 1. The van der Waals surface area contributed by atoms with E-state index >= 15 is 0 Å². The summed E-state index contributed by atoms with van der Waals surface area (Å²) in [5, 5.41) is 1.30. The van der Waals surface area contributed by atoms with Gasteiger partial charge in [0.1, 0.15) is 5.75 Å². The van der Waals surface area contributed by atoms with Gasteiger partial charge in [0.05, 0.1) is 24.1 Å². The monoisotopic (exact) mass is 485 g/mol. The zero-order valence-electron chi connectivity index (χ0n) is 17.2. The number of anilines is 1. The molecule has 0 N–H and O–H groups in total. The normalized spacial score (nSPS) is 26.3. The highest BCUT2D eigenvalue weighted by atomic mass is 35.5. The number of hydrogen-bond acceptors (Lipinski definition) is 3. The number of carbonyl (C=O) groups excluding carboxylic acids is 2. The van der Waals surface area contributed by atoms with Gasteiger partial charge in [0.25, 0.3) is 0 Å². The van der Waals surface area contributed by atoms with Gasteiger partial charge in [0.2, 0.25) is 11.8 Å². The number of halogens is 3. The fourth-order valence-corrected chi connectivity index (χ4v) is 6.02. The zero-order valence-corrected chi connectivity index (χ0v) is 19.5. The summed E-state index contributed by atoms with van der Waals surface area (Å²) in [7, 11) is 1.60. The van der Waals surface area contributed by atoms with E-state index in [1.807, 2.05) is 43.3 Å². The number of benzene rings is 3. The second kappa shape index (κ2) is 7.24. The Morgan fingerprint density at radius 2 is 1.34 bits per heavy atom. The van der Waals surface area contributed by atoms with Crippen LogP contribution in [-0.4, -0.2) is 18.9 Å². The van der Waals surface area contributed by atoms with E-state index in [0.717, 1.165) is 11.1 Å². The van der Waals surface area contributed by atoms with E-state index in [1.54, 1.807) is 37.4 Å². The van der Waals surface area contributed by atoms with Crippen molar-refractivity contribution in [1.82, 2.24) is 0 Å². The van der Waals surface area contributed by atoms with Gasteiger partial charge < -0.3 is 4.74 Å². The van der Waals surface area contributed by atoms with Gasteiger partial charge in [0, 0.05) is 20.5 Å². The first-order chi connectivity index (χ1) is 15.2. The third-order valence-corrected chi connectivity index (χ3v) is 7.50. The highest BCUT2D eigenvalue weighted by Gasteiger charge is 2.86. The molecule has 1 aliphatic carbocycles. The lowest BCUT2D eigenvalue weighted by Gasteiger charge is -2.29. The molecule has 32 heavy (non-hydrogen) atoms. The lowest BCUT2D eigenvalue weighted by atomic mass is 9.79.